The van der Waals surface area contributed by atoms with E-state index in [0.717, 1.165) is 31.6 Å². The molecule has 1 aliphatic heterocycles. The van der Waals surface area contributed by atoms with Gasteiger partial charge in [0.25, 0.3) is 5.91 Å². The number of benzene rings is 1. The third-order valence-corrected chi connectivity index (χ3v) is 4.11. The molecule has 3 rings (SSSR count). The van der Waals surface area contributed by atoms with Gasteiger partial charge in [0.1, 0.15) is 0 Å². The Labute approximate surface area is 120 Å². The molecule has 4 heteroatoms. The highest BCUT2D eigenvalue weighted by Crippen LogP contribution is 2.23. The van der Waals surface area contributed by atoms with Gasteiger partial charge >= 0.3 is 0 Å². The summed E-state index contributed by atoms with van der Waals surface area (Å²) in [7, 11) is 0. The van der Waals surface area contributed by atoms with Gasteiger partial charge in [0.2, 0.25) is 0 Å². The number of nitrogens with one attached hydrogen (secondary N) is 1. The van der Waals surface area contributed by atoms with Gasteiger partial charge in [-0.3, -0.25) is 4.79 Å². The number of rotatable bonds is 1. The Morgan fingerprint density at radius 1 is 1.32 bits per heavy atom. The maximum atomic E-state index is 12.5. The first-order valence-corrected chi connectivity index (χ1v) is 6.89. The predicted octanol–water partition coefficient (Wildman–Crippen LogP) is 2.03. The van der Waals surface area contributed by atoms with E-state index < -0.39 is 0 Å². The molecule has 1 aromatic rings. The zero-order chi connectivity index (χ0) is 12.5. The molecule has 1 saturated heterocycles. The number of fused-ring (bicyclic) bond motifs is 1. The van der Waals surface area contributed by atoms with Crippen LogP contribution in [0.4, 0.5) is 0 Å². The van der Waals surface area contributed by atoms with Gasteiger partial charge in [-0.15, -0.1) is 12.4 Å². The fourth-order valence-corrected chi connectivity index (χ4v) is 3.01. The van der Waals surface area contributed by atoms with Gasteiger partial charge < -0.3 is 10.2 Å². The molecule has 0 spiro atoms. The zero-order valence-electron chi connectivity index (χ0n) is 11.3. The first kappa shape index (κ1) is 14.4. The van der Waals surface area contributed by atoms with Crippen molar-refractivity contribution in [2.75, 3.05) is 19.6 Å². The summed E-state index contributed by atoms with van der Waals surface area (Å²) in [5.41, 5.74) is 3.67. The number of hydrogen-bond donors (Lipinski definition) is 1. The molecule has 2 aliphatic rings. The number of carbonyl (C=O) groups is 1. The molecule has 1 heterocycles. The Morgan fingerprint density at radius 2 is 2.11 bits per heavy atom. The van der Waals surface area contributed by atoms with Crippen LogP contribution in [0.3, 0.4) is 0 Å². The SMILES string of the molecule is C[C@@H]1CNCCN1C(=O)c1ccc2c(c1)CCC2.Cl. The second-order valence-electron chi connectivity index (χ2n) is 5.39. The van der Waals surface area contributed by atoms with Crippen LogP contribution >= 0.6 is 12.4 Å². The highest BCUT2D eigenvalue weighted by Gasteiger charge is 2.24. The fourth-order valence-electron chi connectivity index (χ4n) is 3.01. The van der Waals surface area contributed by atoms with Crippen molar-refractivity contribution in [1.82, 2.24) is 10.2 Å². The minimum atomic E-state index is 0. The van der Waals surface area contributed by atoms with Gasteiger partial charge in [-0.05, 0) is 49.4 Å². The molecule has 3 nitrogen and oxygen atoms in total. The van der Waals surface area contributed by atoms with Crippen molar-refractivity contribution in [3.05, 3.63) is 34.9 Å². The van der Waals surface area contributed by atoms with E-state index >= 15 is 0 Å². The molecule has 1 aliphatic carbocycles. The maximum Gasteiger partial charge on any atom is 0.254 e. The van der Waals surface area contributed by atoms with Crippen LogP contribution in [0, 0.1) is 0 Å². The summed E-state index contributed by atoms with van der Waals surface area (Å²) in [5.74, 6) is 0.193. The van der Waals surface area contributed by atoms with Gasteiger partial charge in [-0.2, -0.15) is 0 Å². The van der Waals surface area contributed by atoms with Crippen molar-refractivity contribution in [2.24, 2.45) is 0 Å². The summed E-state index contributed by atoms with van der Waals surface area (Å²) in [6.45, 7) is 4.73. The average molecular weight is 281 g/mol. The van der Waals surface area contributed by atoms with E-state index in [-0.39, 0.29) is 18.3 Å². The van der Waals surface area contributed by atoms with Crippen molar-refractivity contribution < 1.29 is 4.79 Å². The van der Waals surface area contributed by atoms with Gasteiger partial charge in [-0.1, -0.05) is 6.07 Å². The van der Waals surface area contributed by atoms with Crippen LogP contribution in [-0.4, -0.2) is 36.5 Å². The summed E-state index contributed by atoms with van der Waals surface area (Å²) in [5, 5.41) is 3.32. The van der Waals surface area contributed by atoms with Crippen molar-refractivity contribution in [2.45, 2.75) is 32.2 Å². The smallest absolute Gasteiger partial charge is 0.254 e. The molecule has 19 heavy (non-hydrogen) atoms. The highest BCUT2D eigenvalue weighted by molar-refractivity contribution is 5.94. The molecule has 1 N–H and O–H groups in total. The molecule has 104 valence electrons. The van der Waals surface area contributed by atoms with E-state index in [0.29, 0.717) is 6.04 Å². The van der Waals surface area contributed by atoms with Gasteiger partial charge in [-0.25, -0.2) is 0 Å². The van der Waals surface area contributed by atoms with Crippen LogP contribution in [0.25, 0.3) is 0 Å². The van der Waals surface area contributed by atoms with Crippen LogP contribution in [0.5, 0.6) is 0 Å². The minimum Gasteiger partial charge on any atom is -0.333 e. The fraction of sp³-hybridized carbons (Fsp3) is 0.533. The van der Waals surface area contributed by atoms with Crippen LogP contribution in [0.2, 0.25) is 0 Å². The van der Waals surface area contributed by atoms with Crippen LogP contribution in [0.1, 0.15) is 34.8 Å². The third kappa shape index (κ3) is 2.77. The monoisotopic (exact) mass is 280 g/mol. The van der Waals surface area contributed by atoms with Crippen molar-refractivity contribution in [3.63, 3.8) is 0 Å². The van der Waals surface area contributed by atoms with E-state index in [1.807, 2.05) is 11.0 Å². The lowest BCUT2D eigenvalue weighted by Gasteiger charge is -2.34. The Kier molecular flexibility index (Phi) is 4.48. The Hall–Kier alpha value is -1.06. The van der Waals surface area contributed by atoms with Gasteiger partial charge in [0, 0.05) is 31.2 Å². The Balaban J connectivity index is 0.00000133. The van der Waals surface area contributed by atoms with Crippen molar-refractivity contribution in [3.8, 4) is 0 Å². The van der Waals surface area contributed by atoms with Crippen LogP contribution in [-0.2, 0) is 12.8 Å². The summed E-state index contributed by atoms with van der Waals surface area (Å²) in [6.07, 6.45) is 3.54. The number of carbonyl (C=O) groups excluding carboxylic acids is 1. The molecule has 0 unspecified atom stereocenters. The lowest BCUT2D eigenvalue weighted by molar-refractivity contribution is 0.0655. The molecule has 1 amide bonds. The summed E-state index contributed by atoms with van der Waals surface area (Å²) >= 11 is 0. The lowest BCUT2D eigenvalue weighted by atomic mass is 10.0. The van der Waals surface area contributed by atoms with E-state index in [4.69, 9.17) is 0 Å². The summed E-state index contributed by atoms with van der Waals surface area (Å²) in [6, 6.07) is 6.54. The first-order valence-electron chi connectivity index (χ1n) is 6.89. The standard InChI is InChI=1S/C15H20N2O.ClH/c1-11-10-16-7-8-17(11)15(18)14-6-5-12-3-2-4-13(12)9-14;/h5-6,9,11,16H,2-4,7-8,10H2,1H3;1H/t11-;/m1./s1. The summed E-state index contributed by atoms with van der Waals surface area (Å²) < 4.78 is 0. The number of amides is 1. The molecule has 1 fully saturated rings. The molecule has 1 atom stereocenters. The van der Waals surface area contributed by atoms with Crippen molar-refractivity contribution in [1.29, 1.82) is 0 Å². The maximum absolute atomic E-state index is 12.5. The van der Waals surface area contributed by atoms with Gasteiger partial charge in [0.05, 0.1) is 0 Å². The quantitative estimate of drug-likeness (QED) is 0.854. The lowest BCUT2D eigenvalue weighted by Crippen LogP contribution is -2.52. The summed E-state index contributed by atoms with van der Waals surface area (Å²) in [4.78, 5) is 14.5. The molecular formula is C15H21ClN2O. The molecule has 1 aromatic carbocycles. The topological polar surface area (TPSA) is 32.3 Å². The van der Waals surface area contributed by atoms with E-state index in [9.17, 15) is 4.79 Å². The van der Waals surface area contributed by atoms with E-state index in [1.54, 1.807) is 0 Å². The molecule has 0 aromatic heterocycles. The number of hydrogen-bond acceptors (Lipinski definition) is 2. The van der Waals surface area contributed by atoms with Gasteiger partial charge in [0.15, 0.2) is 0 Å². The molecule has 0 saturated carbocycles. The molecule has 0 radical (unpaired) electrons. The number of piperazine rings is 1. The second kappa shape index (κ2) is 5.93. The van der Waals surface area contributed by atoms with E-state index in [2.05, 4.69) is 24.4 Å². The highest BCUT2D eigenvalue weighted by atomic mass is 35.5. The normalized spacial score (nSPS) is 21.7. The molecular weight excluding hydrogens is 260 g/mol. The van der Waals surface area contributed by atoms with Crippen LogP contribution in [0.15, 0.2) is 18.2 Å². The largest absolute Gasteiger partial charge is 0.333 e. The third-order valence-electron chi connectivity index (χ3n) is 4.11. The molecule has 0 bridgehead atoms. The predicted molar refractivity (Wildman–Crippen MR) is 79.1 cm³/mol. The number of nitrogens with zero attached hydrogens (tertiary/aromatic N) is 1. The van der Waals surface area contributed by atoms with Crippen LogP contribution < -0.4 is 5.32 Å². The second-order valence-corrected chi connectivity index (χ2v) is 5.39. The number of aryl methyl sites for hydroxylation is 2. The van der Waals surface area contributed by atoms with E-state index in [1.165, 1.54) is 24.0 Å². The Bertz CT molecular complexity index is 475. The zero-order valence-corrected chi connectivity index (χ0v) is 12.1. The average Bonchev–Trinajstić information content (AvgIpc) is 2.85. The number of halogens is 1. The van der Waals surface area contributed by atoms with Crippen molar-refractivity contribution >= 4 is 18.3 Å². The Morgan fingerprint density at radius 3 is 2.89 bits per heavy atom. The minimum absolute atomic E-state index is 0. The first-order chi connectivity index (χ1) is 8.75.